The first-order chi connectivity index (χ1) is 28.7. The molecule has 4 heterocycles. The van der Waals surface area contributed by atoms with Crippen molar-refractivity contribution < 1.29 is 0 Å². The molecule has 8 aromatic carbocycles. The molecule has 2 aromatic heterocycles. The second-order valence-corrected chi connectivity index (χ2v) is 15.6. The van der Waals surface area contributed by atoms with Crippen LogP contribution in [0.4, 0.5) is 17.1 Å². The summed E-state index contributed by atoms with van der Waals surface area (Å²) in [5.41, 5.74) is 21.3. The van der Waals surface area contributed by atoms with Crippen molar-refractivity contribution >= 4 is 56.8 Å². The van der Waals surface area contributed by atoms with Gasteiger partial charge in [0.1, 0.15) is 5.82 Å². The second kappa shape index (κ2) is 12.6. The third-order valence-electron chi connectivity index (χ3n) is 12.4. The minimum Gasteiger partial charge on any atom is -0.375 e. The van der Waals surface area contributed by atoms with Gasteiger partial charge in [-0.05, 0) is 95.1 Å². The van der Waals surface area contributed by atoms with Crippen molar-refractivity contribution in [1.29, 1.82) is 0 Å². The number of aromatic nitrogens is 3. The molecule has 0 radical (unpaired) electrons. The highest BCUT2D eigenvalue weighted by atomic mass is 15.2. The van der Waals surface area contributed by atoms with Crippen molar-refractivity contribution in [3.63, 3.8) is 0 Å². The van der Waals surface area contributed by atoms with Crippen LogP contribution in [0.2, 0.25) is 0 Å². The smallest absolute Gasteiger partial charge is 0.333 e. The minimum atomic E-state index is -0.0863. The Hall–Kier alpha value is -7.37. The summed E-state index contributed by atoms with van der Waals surface area (Å²) in [7, 11) is 0. The fourth-order valence-corrected chi connectivity index (χ4v) is 10.1. The maximum Gasteiger partial charge on any atom is 0.333 e. The molecule has 0 aliphatic carbocycles. The summed E-state index contributed by atoms with van der Waals surface area (Å²) in [6.07, 6.45) is 0. The lowest BCUT2D eigenvalue weighted by Gasteiger charge is -2.40. The standard InChI is InChI=1S/C53H37BN4/c1-34-19-17-20-35(2)46(34)53-55-50-45(57(53)39-27-13-6-14-28-39)33-41-47(36-21-7-3-8-22-36)51(37-23-9-4-10-24-37)58-52(41)48(50)40-29-18-32-44-49(40)54(58)42-30-15-16-31-43(42)56(44)38-25-11-5-12-26-38/h3-33H,1-2H3. The van der Waals surface area contributed by atoms with Crippen molar-refractivity contribution in [2.75, 3.05) is 4.90 Å². The van der Waals surface area contributed by atoms with Crippen LogP contribution in [0.5, 0.6) is 0 Å². The minimum absolute atomic E-state index is 0.0863. The first-order valence-electron chi connectivity index (χ1n) is 20.1. The lowest BCUT2D eigenvalue weighted by Crippen LogP contribution is -2.56. The molecule has 2 aliphatic rings. The highest BCUT2D eigenvalue weighted by Gasteiger charge is 2.44. The van der Waals surface area contributed by atoms with Crippen LogP contribution < -0.4 is 15.8 Å². The van der Waals surface area contributed by atoms with E-state index in [0.717, 1.165) is 28.2 Å². The van der Waals surface area contributed by atoms with E-state index >= 15 is 0 Å². The first kappa shape index (κ1) is 32.8. The number of imidazole rings is 1. The van der Waals surface area contributed by atoms with Crippen LogP contribution in [0.15, 0.2) is 188 Å². The Kier molecular flexibility index (Phi) is 7.12. The maximum absolute atomic E-state index is 5.82. The number of fused-ring (bicyclic) bond motifs is 6. The van der Waals surface area contributed by atoms with Gasteiger partial charge in [-0.1, -0.05) is 146 Å². The van der Waals surface area contributed by atoms with E-state index in [9.17, 15) is 0 Å². The molecule has 4 nitrogen and oxygen atoms in total. The van der Waals surface area contributed by atoms with Crippen molar-refractivity contribution in [3.05, 3.63) is 199 Å². The Bertz CT molecular complexity index is 3220. The van der Waals surface area contributed by atoms with Crippen LogP contribution in [0.25, 0.3) is 72.5 Å². The Labute approximate surface area is 338 Å². The molecular weight excluding hydrogens is 703 g/mol. The van der Waals surface area contributed by atoms with Gasteiger partial charge >= 0.3 is 6.85 Å². The Morgan fingerprint density at radius 1 is 0.500 bits per heavy atom. The summed E-state index contributed by atoms with van der Waals surface area (Å²) < 4.78 is 5.08. The molecule has 272 valence electrons. The van der Waals surface area contributed by atoms with E-state index in [-0.39, 0.29) is 6.85 Å². The summed E-state index contributed by atoms with van der Waals surface area (Å²) >= 11 is 0. The molecule has 12 rings (SSSR count). The van der Waals surface area contributed by atoms with Crippen LogP contribution in [-0.2, 0) is 0 Å². The molecule has 0 saturated carbocycles. The highest BCUT2D eigenvalue weighted by molar-refractivity contribution is 6.90. The number of rotatable bonds is 5. The summed E-state index contributed by atoms with van der Waals surface area (Å²) in [5, 5.41) is 1.22. The molecule has 0 fully saturated rings. The monoisotopic (exact) mass is 740 g/mol. The number of aryl methyl sites for hydroxylation is 2. The van der Waals surface area contributed by atoms with Gasteiger partial charge in [0.05, 0.1) is 11.0 Å². The molecular formula is C53H37BN4. The van der Waals surface area contributed by atoms with Crippen molar-refractivity contribution in [2.45, 2.75) is 13.8 Å². The van der Waals surface area contributed by atoms with E-state index in [1.807, 2.05) is 0 Å². The van der Waals surface area contributed by atoms with Gasteiger partial charge in [0.2, 0.25) is 0 Å². The number of anilines is 3. The average Bonchev–Trinajstić information content (AvgIpc) is 3.82. The lowest BCUT2D eigenvalue weighted by molar-refractivity contribution is 1.09. The van der Waals surface area contributed by atoms with Gasteiger partial charge in [-0.25, -0.2) is 4.98 Å². The summed E-state index contributed by atoms with van der Waals surface area (Å²) in [6.45, 7) is 4.33. The van der Waals surface area contributed by atoms with E-state index in [4.69, 9.17) is 4.98 Å². The fraction of sp³-hybridized carbons (Fsp3) is 0.0377. The van der Waals surface area contributed by atoms with Gasteiger partial charge in [-0.2, -0.15) is 0 Å². The normalized spacial score (nSPS) is 12.6. The van der Waals surface area contributed by atoms with Crippen molar-refractivity contribution in [1.82, 2.24) is 14.0 Å². The Morgan fingerprint density at radius 2 is 1.09 bits per heavy atom. The number of nitrogens with zero attached hydrogens (tertiary/aromatic N) is 4. The lowest BCUT2D eigenvalue weighted by atomic mass is 9.45. The Morgan fingerprint density at radius 3 is 1.79 bits per heavy atom. The van der Waals surface area contributed by atoms with Crippen LogP contribution in [-0.4, -0.2) is 20.9 Å². The molecule has 5 heteroatoms. The van der Waals surface area contributed by atoms with E-state index in [2.05, 4.69) is 216 Å². The molecule has 0 bridgehead atoms. The number of hydrogen-bond acceptors (Lipinski definition) is 2. The molecule has 2 aliphatic heterocycles. The quantitative estimate of drug-likeness (QED) is 0.164. The van der Waals surface area contributed by atoms with Crippen LogP contribution in [0.1, 0.15) is 11.1 Å². The topological polar surface area (TPSA) is 26.0 Å². The molecule has 0 atom stereocenters. The third kappa shape index (κ3) is 4.56. The van der Waals surface area contributed by atoms with E-state index in [1.54, 1.807) is 0 Å². The van der Waals surface area contributed by atoms with Crippen LogP contribution in [0, 0.1) is 13.8 Å². The van der Waals surface area contributed by atoms with Crippen LogP contribution in [0.3, 0.4) is 0 Å². The van der Waals surface area contributed by atoms with Gasteiger partial charge < -0.3 is 9.38 Å². The second-order valence-electron chi connectivity index (χ2n) is 15.6. The maximum atomic E-state index is 5.82. The van der Waals surface area contributed by atoms with E-state index in [0.29, 0.717) is 0 Å². The van der Waals surface area contributed by atoms with Crippen molar-refractivity contribution in [2.24, 2.45) is 0 Å². The molecule has 0 amide bonds. The van der Waals surface area contributed by atoms with E-state index < -0.39 is 0 Å². The summed E-state index contributed by atoms with van der Waals surface area (Å²) in [5.74, 6) is 0.958. The summed E-state index contributed by atoms with van der Waals surface area (Å²) in [6, 6.07) is 68.5. The van der Waals surface area contributed by atoms with E-state index in [1.165, 1.54) is 83.4 Å². The highest BCUT2D eigenvalue weighted by Crippen LogP contribution is 2.52. The zero-order chi connectivity index (χ0) is 38.5. The van der Waals surface area contributed by atoms with Gasteiger partial charge in [-0.15, -0.1) is 0 Å². The predicted molar refractivity (Wildman–Crippen MR) is 243 cm³/mol. The van der Waals surface area contributed by atoms with Crippen LogP contribution >= 0.6 is 0 Å². The molecule has 0 spiro atoms. The van der Waals surface area contributed by atoms with Gasteiger partial charge in [0.15, 0.2) is 0 Å². The predicted octanol–water partition coefficient (Wildman–Crippen LogP) is 12.0. The number of benzene rings is 8. The van der Waals surface area contributed by atoms with Crippen molar-refractivity contribution in [3.8, 4) is 50.6 Å². The molecule has 0 saturated heterocycles. The SMILES string of the molecule is Cc1cccc(C)c1-c1nc2c3c4c(cc2n1-c1ccccc1)c(-c1ccccc1)c(-c1ccccc1)n4B1c2ccccc2N(c2ccccc2)c2cccc-3c21. The molecule has 0 unspecified atom stereocenters. The Balaban J connectivity index is 1.33. The third-order valence-corrected chi connectivity index (χ3v) is 12.4. The zero-order valence-electron chi connectivity index (χ0n) is 32.3. The van der Waals surface area contributed by atoms with Gasteiger partial charge in [0, 0.05) is 56.0 Å². The van der Waals surface area contributed by atoms with Gasteiger partial charge in [0.25, 0.3) is 0 Å². The average molecular weight is 741 g/mol. The first-order valence-corrected chi connectivity index (χ1v) is 20.1. The summed E-state index contributed by atoms with van der Waals surface area (Å²) in [4.78, 5) is 8.28. The number of para-hydroxylation sites is 3. The van der Waals surface area contributed by atoms with Gasteiger partial charge in [-0.3, -0.25) is 4.57 Å². The molecule has 10 aromatic rings. The fourth-order valence-electron chi connectivity index (χ4n) is 10.1. The molecule has 58 heavy (non-hydrogen) atoms. The zero-order valence-corrected chi connectivity index (χ0v) is 32.3. The number of hydrogen-bond donors (Lipinski definition) is 0. The largest absolute Gasteiger partial charge is 0.375 e. The molecule has 0 N–H and O–H groups in total.